The second-order valence-corrected chi connectivity index (χ2v) is 6.12. The van der Waals surface area contributed by atoms with E-state index >= 15 is 0 Å². The highest BCUT2D eigenvalue weighted by atomic mass is 19.1. The van der Waals surface area contributed by atoms with E-state index in [2.05, 4.69) is 10.3 Å². The van der Waals surface area contributed by atoms with Gasteiger partial charge in [-0.05, 0) is 19.1 Å². The number of morpholine rings is 1. The van der Waals surface area contributed by atoms with Gasteiger partial charge in [0.25, 0.3) is 5.56 Å². The number of aryl methyl sites for hydroxylation is 1. The first-order valence-corrected chi connectivity index (χ1v) is 8.52. The quantitative estimate of drug-likeness (QED) is 0.843. The summed E-state index contributed by atoms with van der Waals surface area (Å²) in [7, 11) is 1.36. The van der Waals surface area contributed by atoms with Gasteiger partial charge in [-0.1, -0.05) is 0 Å². The first-order valence-electron chi connectivity index (χ1n) is 8.52. The van der Waals surface area contributed by atoms with Crippen LogP contribution in [-0.4, -0.2) is 48.9 Å². The van der Waals surface area contributed by atoms with Crippen LogP contribution in [0.3, 0.4) is 0 Å². The van der Waals surface area contributed by atoms with E-state index in [-0.39, 0.29) is 23.5 Å². The van der Waals surface area contributed by atoms with Crippen LogP contribution in [0.4, 0.5) is 16.0 Å². The van der Waals surface area contributed by atoms with Crippen molar-refractivity contribution in [2.45, 2.75) is 13.5 Å². The van der Waals surface area contributed by atoms with Gasteiger partial charge in [-0.25, -0.2) is 9.37 Å². The number of nitrogens with one attached hydrogen (secondary N) is 1. The summed E-state index contributed by atoms with van der Waals surface area (Å²) in [6, 6.07) is 5.49. The molecule has 0 aliphatic carbocycles. The molecule has 0 bridgehead atoms. The van der Waals surface area contributed by atoms with Crippen LogP contribution in [0, 0.1) is 12.7 Å². The predicted octanol–water partition coefficient (Wildman–Crippen LogP) is 1.17. The zero-order valence-corrected chi connectivity index (χ0v) is 15.2. The minimum atomic E-state index is -0.585. The van der Waals surface area contributed by atoms with E-state index in [0.29, 0.717) is 37.9 Å². The molecule has 1 aromatic carbocycles. The topological polar surface area (TPSA) is 85.7 Å². The highest BCUT2D eigenvalue weighted by molar-refractivity contribution is 5.90. The maximum absolute atomic E-state index is 13.8. The predicted molar refractivity (Wildman–Crippen MR) is 97.8 cm³/mol. The zero-order valence-electron chi connectivity index (χ0n) is 15.2. The van der Waals surface area contributed by atoms with Crippen molar-refractivity contribution in [3.63, 3.8) is 0 Å². The van der Waals surface area contributed by atoms with Crippen molar-refractivity contribution in [2.75, 3.05) is 43.6 Å². The summed E-state index contributed by atoms with van der Waals surface area (Å²) in [5.41, 5.74) is 0.537. The largest absolute Gasteiger partial charge is 0.494 e. The number of aromatic nitrogens is 2. The number of rotatable bonds is 5. The molecule has 1 amide bonds. The van der Waals surface area contributed by atoms with E-state index in [1.807, 2.05) is 4.90 Å². The molecular formula is C18H21FN4O4. The minimum Gasteiger partial charge on any atom is -0.494 e. The summed E-state index contributed by atoms with van der Waals surface area (Å²) in [6.07, 6.45) is 0. The summed E-state index contributed by atoms with van der Waals surface area (Å²) >= 11 is 0. The van der Waals surface area contributed by atoms with E-state index in [9.17, 15) is 14.0 Å². The monoisotopic (exact) mass is 376 g/mol. The molecule has 1 aromatic heterocycles. The molecule has 0 unspecified atom stereocenters. The molecule has 2 heterocycles. The molecule has 0 atom stereocenters. The van der Waals surface area contributed by atoms with Gasteiger partial charge in [-0.2, -0.15) is 0 Å². The molecule has 1 aliphatic heterocycles. The number of methoxy groups -OCH3 is 1. The third-order valence-electron chi connectivity index (χ3n) is 4.15. The molecule has 0 spiro atoms. The Balaban J connectivity index is 1.81. The van der Waals surface area contributed by atoms with Crippen LogP contribution in [-0.2, 0) is 16.1 Å². The molecule has 1 fully saturated rings. The normalized spacial score (nSPS) is 14.1. The summed E-state index contributed by atoms with van der Waals surface area (Å²) in [6.45, 7) is 3.73. The molecule has 1 saturated heterocycles. The van der Waals surface area contributed by atoms with Crippen molar-refractivity contribution in [3.05, 3.63) is 46.1 Å². The van der Waals surface area contributed by atoms with E-state index in [0.717, 1.165) is 6.07 Å². The van der Waals surface area contributed by atoms with Gasteiger partial charge in [0.2, 0.25) is 11.9 Å². The van der Waals surface area contributed by atoms with Crippen LogP contribution >= 0.6 is 0 Å². The number of hydrogen-bond donors (Lipinski definition) is 1. The lowest BCUT2D eigenvalue weighted by Crippen LogP contribution is -2.41. The zero-order chi connectivity index (χ0) is 19.4. The van der Waals surface area contributed by atoms with E-state index in [1.165, 1.54) is 29.9 Å². The molecule has 144 valence electrons. The number of carbonyl (C=O) groups excluding carboxylic acids is 1. The SMILES string of the molecule is COc1ccc(NC(=O)Cn2c(N3CCOCC3)nc(C)cc2=O)cc1F. The van der Waals surface area contributed by atoms with Crippen molar-refractivity contribution in [2.24, 2.45) is 0 Å². The van der Waals surface area contributed by atoms with Crippen molar-refractivity contribution >= 4 is 17.5 Å². The average Bonchev–Trinajstić information content (AvgIpc) is 2.64. The Hall–Kier alpha value is -2.94. The molecule has 0 saturated carbocycles. The number of hydrogen-bond acceptors (Lipinski definition) is 6. The van der Waals surface area contributed by atoms with Crippen LogP contribution in [0.1, 0.15) is 5.69 Å². The van der Waals surface area contributed by atoms with Crippen molar-refractivity contribution < 1.29 is 18.7 Å². The van der Waals surface area contributed by atoms with Gasteiger partial charge >= 0.3 is 0 Å². The Morgan fingerprint density at radius 3 is 2.74 bits per heavy atom. The van der Waals surface area contributed by atoms with E-state index < -0.39 is 11.7 Å². The second-order valence-electron chi connectivity index (χ2n) is 6.12. The fraction of sp³-hybridized carbons (Fsp3) is 0.389. The Bertz CT molecular complexity index is 893. The molecule has 0 radical (unpaired) electrons. The van der Waals surface area contributed by atoms with Gasteiger partial charge in [-0.15, -0.1) is 0 Å². The number of amides is 1. The van der Waals surface area contributed by atoms with Gasteiger partial charge in [0.05, 0.1) is 20.3 Å². The molecule has 1 N–H and O–H groups in total. The summed E-state index contributed by atoms with van der Waals surface area (Å²) in [4.78, 5) is 31.2. The summed E-state index contributed by atoms with van der Waals surface area (Å²) < 4.78 is 25.3. The van der Waals surface area contributed by atoms with Gasteiger partial charge in [0.15, 0.2) is 11.6 Å². The standard InChI is InChI=1S/C18H21FN4O4/c1-12-9-17(25)23(18(20-12)22-5-7-27-8-6-22)11-16(24)21-13-3-4-15(26-2)14(19)10-13/h3-4,9-10H,5-8,11H2,1-2H3,(H,21,24). The van der Waals surface area contributed by atoms with Crippen LogP contribution in [0.15, 0.2) is 29.1 Å². The molecule has 9 heteroatoms. The third-order valence-corrected chi connectivity index (χ3v) is 4.15. The first kappa shape index (κ1) is 18.8. The summed E-state index contributed by atoms with van der Waals surface area (Å²) in [5, 5.41) is 2.59. The van der Waals surface area contributed by atoms with Crippen molar-refractivity contribution in [3.8, 4) is 5.75 Å². The lowest BCUT2D eigenvalue weighted by Gasteiger charge is -2.29. The van der Waals surface area contributed by atoms with E-state index in [1.54, 1.807) is 6.92 Å². The molecular weight excluding hydrogens is 355 g/mol. The van der Waals surface area contributed by atoms with Crippen LogP contribution in [0.5, 0.6) is 5.75 Å². The summed E-state index contributed by atoms with van der Waals surface area (Å²) in [5.74, 6) is -0.527. The van der Waals surface area contributed by atoms with Crippen LogP contribution in [0.2, 0.25) is 0 Å². The third kappa shape index (κ3) is 4.43. The fourth-order valence-corrected chi connectivity index (χ4v) is 2.85. The van der Waals surface area contributed by atoms with Gasteiger partial charge in [0, 0.05) is 36.6 Å². The Labute approximate surface area is 155 Å². The lowest BCUT2D eigenvalue weighted by atomic mass is 10.3. The maximum atomic E-state index is 13.8. The fourth-order valence-electron chi connectivity index (χ4n) is 2.85. The molecule has 3 rings (SSSR count). The van der Waals surface area contributed by atoms with Gasteiger partial charge in [-0.3, -0.25) is 14.2 Å². The highest BCUT2D eigenvalue weighted by Gasteiger charge is 2.19. The maximum Gasteiger partial charge on any atom is 0.255 e. The number of halogens is 1. The molecule has 8 nitrogen and oxygen atoms in total. The van der Waals surface area contributed by atoms with Crippen LogP contribution < -0.4 is 20.5 Å². The number of carbonyl (C=O) groups is 1. The Morgan fingerprint density at radius 2 is 2.07 bits per heavy atom. The lowest BCUT2D eigenvalue weighted by molar-refractivity contribution is -0.116. The molecule has 27 heavy (non-hydrogen) atoms. The first-order chi connectivity index (χ1) is 13.0. The van der Waals surface area contributed by atoms with E-state index in [4.69, 9.17) is 9.47 Å². The number of ether oxygens (including phenoxy) is 2. The minimum absolute atomic E-state index is 0.0848. The second kappa shape index (κ2) is 8.17. The number of benzene rings is 1. The number of nitrogens with zero attached hydrogens (tertiary/aromatic N) is 3. The molecule has 2 aromatic rings. The molecule has 1 aliphatic rings. The number of anilines is 2. The Morgan fingerprint density at radius 1 is 1.33 bits per heavy atom. The van der Waals surface area contributed by atoms with Crippen molar-refractivity contribution in [1.29, 1.82) is 0 Å². The highest BCUT2D eigenvalue weighted by Crippen LogP contribution is 2.20. The van der Waals surface area contributed by atoms with Gasteiger partial charge < -0.3 is 19.7 Å². The van der Waals surface area contributed by atoms with Crippen LogP contribution in [0.25, 0.3) is 0 Å². The Kier molecular flexibility index (Phi) is 5.70. The van der Waals surface area contributed by atoms with Gasteiger partial charge in [0.1, 0.15) is 6.54 Å². The van der Waals surface area contributed by atoms with Crippen molar-refractivity contribution in [1.82, 2.24) is 9.55 Å². The average molecular weight is 376 g/mol. The smallest absolute Gasteiger partial charge is 0.255 e.